The van der Waals surface area contributed by atoms with E-state index in [1.807, 2.05) is 78.9 Å². The van der Waals surface area contributed by atoms with Crippen LogP contribution in [0.15, 0.2) is 97.3 Å². The number of rotatable bonds is 11. The molecule has 3 N–H and O–H groups in total. The molecule has 0 aliphatic carbocycles. The lowest BCUT2D eigenvalue weighted by molar-refractivity contribution is -0.276. The molecule has 2 amide bonds. The summed E-state index contributed by atoms with van der Waals surface area (Å²) in [7, 11) is 0. The fourth-order valence-corrected chi connectivity index (χ4v) is 6.40. The van der Waals surface area contributed by atoms with Crippen LogP contribution in [-0.4, -0.2) is 76.7 Å². The first kappa shape index (κ1) is 34.2. The van der Waals surface area contributed by atoms with Gasteiger partial charge >= 0.3 is 6.03 Å². The number of anilines is 2. The predicted molar refractivity (Wildman–Crippen MR) is 187 cm³/mol. The Morgan fingerprint density at radius 2 is 1.61 bits per heavy atom. The summed E-state index contributed by atoms with van der Waals surface area (Å²) >= 11 is 0. The van der Waals surface area contributed by atoms with E-state index in [2.05, 4.69) is 37.3 Å². The number of Topliss-reactive ketones (excluding diaryl/α,β-unsaturated/α-hetero) is 1. The van der Waals surface area contributed by atoms with E-state index in [0.29, 0.717) is 12.1 Å². The second kappa shape index (κ2) is 16.1. The second-order valence-corrected chi connectivity index (χ2v) is 12.7. The van der Waals surface area contributed by atoms with E-state index in [0.717, 1.165) is 60.9 Å². The molecule has 0 spiro atoms. The van der Waals surface area contributed by atoms with Gasteiger partial charge in [-0.25, -0.2) is 14.8 Å². The summed E-state index contributed by atoms with van der Waals surface area (Å²) in [6.45, 7) is 7.69. The van der Waals surface area contributed by atoms with Gasteiger partial charge in [0.2, 0.25) is 5.95 Å². The van der Waals surface area contributed by atoms with Crippen LogP contribution in [0.3, 0.4) is 0 Å². The highest BCUT2D eigenvalue weighted by Crippen LogP contribution is 2.42. The maximum absolute atomic E-state index is 13.1. The molecule has 11 nitrogen and oxygen atoms in total. The predicted octanol–water partition coefficient (Wildman–Crippen LogP) is 4.90. The molecule has 0 saturated carbocycles. The molecule has 6 rings (SSSR count). The van der Waals surface area contributed by atoms with E-state index < -0.39 is 18.4 Å². The molecule has 2 aliphatic rings. The molecule has 2 saturated heterocycles. The minimum absolute atomic E-state index is 0.0253. The summed E-state index contributed by atoms with van der Waals surface area (Å²) in [5.41, 5.74) is 4.14. The number of aliphatic hydroxyl groups is 1. The van der Waals surface area contributed by atoms with Crippen molar-refractivity contribution in [2.75, 3.05) is 42.9 Å². The fraction of sp³-hybridized carbons (Fsp3) is 0.368. The summed E-state index contributed by atoms with van der Waals surface area (Å²) in [6, 6.07) is 25.6. The maximum Gasteiger partial charge on any atom is 0.319 e. The Morgan fingerprint density at radius 1 is 0.878 bits per heavy atom. The van der Waals surface area contributed by atoms with Gasteiger partial charge in [-0.05, 0) is 48.2 Å². The normalized spacial score (nSPS) is 21.9. The second-order valence-electron chi connectivity index (χ2n) is 12.7. The van der Waals surface area contributed by atoms with Crippen LogP contribution in [0.2, 0.25) is 0 Å². The monoisotopic (exact) mass is 664 g/mol. The molecular formula is C38H44N6O5. The number of carbonyl (C=O) groups is 2. The topological polar surface area (TPSA) is 129 Å². The van der Waals surface area contributed by atoms with Crippen LogP contribution in [0.4, 0.5) is 16.4 Å². The van der Waals surface area contributed by atoms with E-state index in [9.17, 15) is 14.7 Å². The highest BCUT2D eigenvalue weighted by atomic mass is 16.7. The number of hydrogen-bond acceptors (Lipinski definition) is 9. The summed E-state index contributed by atoms with van der Waals surface area (Å²) in [4.78, 5) is 38.9. The van der Waals surface area contributed by atoms with Gasteiger partial charge in [-0.1, -0.05) is 73.7 Å². The van der Waals surface area contributed by atoms with Crippen molar-refractivity contribution in [3.63, 3.8) is 0 Å². The van der Waals surface area contributed by atoms with Gasteiger partial charge in [0.15, 0.2) is 12.1 Å². The van der Waals surface area contributed by atoms with Crippen molar-refractivity contribution in [1.82, 2.24) is 20.2 Å². The van der Waals surface area contributed by atoms with Gasteiger partial charge in [-0.3, -0.25) is 9.69 Å². The van der Waals surface area contributed by atoms with Gasteiger partial charge in [0.1, 0.15) is 0 Å². The van der Waals surface area contributed by atoms with Gasteiger partial charge in [0, 0.05) is 62.3 Å². The molecule has 3 aromatic carbocycles. The number of amides is 2. The first-order valence-corrected chi connectivity index (χ1v) is 16.8. The summed E-state index contributed by atoms with van der Waals surface area (Å²) < 4.78 is 13.4. The largest absolute Gasteiger partial charge is 0.392 e. The van der Waals surface area contributed by atoms with Gasteiger partial charge in [-0.15, -0.1) is 0 Å². The summed E-state index contributed by atoms with van der Waals surface area (Å²) in [6.07, 6.45) is 2.86. The average molecular weight is 665 g/mol. The molecule has 5 atom stereocenters. The van der Waals surface area contributed by atoms with Gasteiger partial charge in [0.05, 0.1) is 24.9 Å². The molecule has 2 aliphatic heterocycles. The highest BCUT2D eigenvalue weighted by molar-refractivity contribution is 5.93. The average Bonchev–Trinajstić information content (AvgIpc) is 3.13. The Morgan fingerprint density at radius 3 is 2.31 bits per heavy atom. The molecule has 256 valence electrons. The first-order chi connectivity index (χ1) is 23.9. The lowest BCUT2D eigenvalue weighted by Gasteiger charge is -2.44. The van der Waals surface area contributed by atoms with Crippen molar-refractivity contribution < 1.29 is 24.2 Å². The molecule has 1 unspecified atom stereocenters. The molecule has 0 bridgehead atoms. The SMILES string of the molecule is CC(=O)[C@@H](Cc1ccccc1)NC(=O)Nc1cccc(C2O[C@H](CN3CCN(c4ncccn4)CC3)[C@H](C)[C@H](c3ccc(CO)cc3)O2)c1. The summed E-state index contributed by atoms with van der Waals surface area (Å²) in [5.74, 6) is 0.663. The Bertz CT molecular complexity index is 1670. The van der Waals surface area contributed by atoms with E-state index >= 15 is 0 Å². The van der Waals surface area contributed by atoms with E-state index in [-0.39, 0.29) is 30.5 Å². The molecule has 0 radical (unpaired) electrons. The zero-order valence-corrected chi connectivity index (χ0v) is 27.9. The zero-order valence-electron chi connectivity index (χ0n) is 27.9. The van der Waals surface area contributed by atoms with Crippen molar-refractivity contribution in [2.45, 2.75) is 51.4 Å². The molecule has 4 aromatic rings. The first-order valence-electron chi connectivity index (χ1n) is 16.8. The van der Waals surface area contributed by atoms with Crippen LogP contribution in [0.5, 0.6) is 0 Å². The van der Waals surface area contributed by atoms with Crippen LogP contribution in [-0.2, 0) is 27.3 Å². The van der Waals surface area contributed by atoms with Gasteiger partial charge in [-0.2, -0.15) is 0 Å². The number of aromatic nitrogens is 2. The van der Waals surface area contributed by atoms with Crippen LogP contribution in [0.1, 0.15) is 48.5 Å². The third-order valence-electron chi connectivity index (χ3n) is 9.26. The number of aliphatic hydroxyl groups excluding tert-OH is 1. The molecule has 49 heavy (non-hydrogen) atoms. The third kappa shape index (κ3) is 8.87. The van der Waals surface area contributed by atoms with Crippen molar-refractivity contribution >= 4 is 23.5 Å². The Labute approximate surface area is 287 Å². The minimum Gasteiger partial charge on any atom is -0.392 e. The summed E-state index contributed by atoms with van der Waals surface area (Å²) in [5, 5.41) is 15.3. The number of nitrogens with one attached hydrogen (secondary N) is 2. The lowest BCUT2D eigenvalue weighted by Crippen LogP contribution is -2.51. The third-order valence-corrected chi connectivity index (χ3v) is 9.26. The number of ketones is 1. The van der Waals surface area contributed by atoms with Crippen LogP contribution >= 0.6 is 0 Å². The van der Waals surface area contributed by atoms with Crippen molar-refractivity contribution in [2.24, 2.45) is 5.92 Å². The number of carbonyl (C=O) groups excluding carboxylic acids is 2. The van der Waals surface area contributed by atoms with Crippen LogP contribution in [0.25, 0.3) is 0 Å². The van der Waals surface area contributed by atoms with E-state index in [4.69, 9.17) is 9.47 Å². The zero-order chi connectivity index (χ0) is 34.2. The highest BCUT2D eigenvalue weighted by Gasteiger charge is 2.39. The Balaban J connectivity index is 1.16. The van der Waals surface area contributed by atoms with Crippen molar-refractivity contribution in [3.05, 3.63) is 120 Å². The number of benzene rings is 3. The standard InChI is InChI=1S/C38H44N6O5/c1-26-34(24-43-18-20-44(21-19-43)37-39-16-7-17-40-37)48-36(49-35(26)30-14-12-29(25-45)13-15-30)31-10-6-11-32(23-31)41-38(47)42-33(27(2)46)22-28-8-4-3-5-9-28/h3-17,23,26,33-36,45H,18-22,24-25H2,1-2H3,(H2,41,42,47)/t26-,33+,34+,35+,36?/m0/s1. The van der Waals surface area contributed by atoms with E-state index in [1.165, 1.54) is 6.92 Å². The lowest BCUT2D eigenvalue weighted by atomic mass is 9.90. The molecular weight excluding hydrogens is 620 g/mol. The van der Waals surface area contributed by atoms with Gasteiger partial charge in [0.25, 0.3) is 0 Å². The number of hydrogen-bond donors (Lipinski definition) is 3. The smallest absolute Gasteiger partial charge is 0.319 e. The number of ether oxygens (including phenoxy) is 2. The Hall–Kier alpha value is -4.68. The fourth-order valence-electron chi connectivity index (χ4n) is 6.40. The van der Waals surface area contributed by atoms with Gasteiger partial charge < -0.3 is 30.1 Å². The molecule has 3 heterocycles. The molecule has 11 heteroatoms. The maximum atomic E-state index is 13.1. The number of piperazine rings is 1. The van der Waals surface area contributed by atoms with Crippen LogP contribution in [0, 0.1) is 5.92 Å². The molecule has 2 fully saturated rings. The quantitative estimate of drug-likeness (QED) is 0.205. The van der Waals surface area contributed by atoms with Crippen molar-refractivity contribution in [1.29, 1.82) is 0 Å². The Kier molecular flexibility index (Phi) is 11.3. The minimum atomic E-state index is -0.685. The van der Waals surface area contributed by atoms with E-state index in [1.54, 1.807) is 18.5 Å². The van der Waals surface area contributed by atoms with Crippen molar-refractivity contribution in [3.8, 4) is 0 Å². The van der Waals surface area contributed by atoms with Crippen LogP contribution < -0.4 is 15.5 Å². The number of nitrogens with zero attached hydrogens (tertiary/aromatic N) is 4. The molecule has 1 aromatic heterocycles. The number of urea groups is 1.